The van der Waals surface area contributed by atoms with Crippen molar-refractivity contribution in [2.75, 3.05) is 0 Å². The number of hydrogen-bond acceptors (Lipinski definition) is 2. The summed E-state index contributed by atoms with van der Waals surface area (Å²) in [6.45, 7) is 4.28. The molecule has 2 nitrogen and oxygen atoms in total. The Kier molecular flexibility index (Phi) is 3.35. The van der Waals surface area contributed by atoms with Crippen LogP contribution in [0, 0.1) is 12.8 Å². The predicted molar refractivity (Wildman–Crippen MR) is 61.2 cm³/mol. The monoisotopic (exact) mass is 227 g/mol. The van der Waals surface area contributed by atoms with Crippen molar-refractivity contribution in [2.24, 2.45) is 5.92 Å². The van der Waals surface area contributed by atoms with Crippen molar-refractivity contribution in [1.29, 1.82) is 0 Å². The fourth-order valence-electron chi connectivity index (χ4n) is 2.41. The fourth-order valence-corrected chi connectivity index (χ4v) is 2.66. The highest BCUT2D eigenvalue weighted by Crippen LogP contribution is 2.36. The van der Waals surface area contributed by atoms with Crippen LogP contribution in [0.2, 0.25) is 0 Å². The Balaban J connectivity index is 2.14. The summed E-state index contributed by atoms with van der Waals surface area (Å²) in [6.07, 6.45) is 5.07. The van der Waals surface area contributed by atoms with E-state index >= 15 is 0 Å². The van der Waals surface area contributed by atoms with Crippen LogP contribution in [0.3, 0.4) is 0 Å². The number of hydrogen-bond donors (Lipinski definition) is 0. The van der Waals surface area contributed by atoms with Crippen LogP contribution in [-0.4, -0.2) is 4.98 Å². The maximum Gasteiger partial charge on any atom is 0.197 e. The summed E-state index contributed by atoms with van der Waals surface area (Å²) in [7, 11) is 0. The molecule has 2 unspecified atom stereocenters. The van der Waals surface area contributed by atoms with Crippen LogP contribution in [0.5, 0.6) is 0 Å². The fraction of sp³-hybridized carbons (Fsp3) is 0.750. The van der Waals surface area contributed by atoms with E-state index in [-0.39, 0.29) is 0 Å². The van der Waals surface area contributed by atoms with Crippen molar-refractivity contribution in [3.8, 4) is 0 Å². The molecule has 0 aliphatic heterocycles. The summed E-state index contributed by atoms with van der Waals surface area (Å²) in [5, 5.41) is 0. The highest BCUT2D eigenvalue weighted by Gasteiger charge is 2.25. The van der Waals surface area contributed by atoms with Gasteiger partial charge in [-0.1, -0.05) is 19.8 Å². The Labute approximate surface area is 96.0 Å². The van der Waals surface area contributed by atoms with Gasteiger partial charge in [-0.25, -0.2) is 4.98 Å². The molecule has 0 bridgehead atoms. The number of nitrogens with zero attached hydrogens (tertiary/aromatic N) is 1. The van der Waals surface area contributed by atoms with Crippen LogP contribution >= 0.6 is 11.6 Å². The van der Waals surface area contributed by atoms with Crippen LogP contribution in [0.15, 0.2) is 4.42 Å². The molecule has 15 heavy (non-hydrogen) atoms. The van der Waals surface area contributed by atoms with Crippen molar-refractivity contribution in [2.45, 2.75) is 51.3 Å². The van der Waals surface area contributed by atoms with E-state index in [0.29, 0.717) is 11.8 Å². The Morgan fingerprint density at radius 3 is 2.87 bits per heavy atom. The first-order chi connectivity index (χ1) is 7.20. The van der Waals surface area contributed by atoms with Gasteiger partial charge in [0.15, 0.2) is 5.89 Å². The molecule has 0 aromatic carbocycles. The average molecular weight is 228 g/mol. The molecule has 2 rings (SSSR count). The van der Waals surface area contributed by atoms with Gasteiger partial charge in [0.1, 0.15) is 5.76 Å². The molecule has 1 aliphatic rings. The minimum Gasteiger partial charge on any atom is -0.444 e. The Bertz CT molecular complexity index is 334. The summed E-state index contributed by atoms with van der Waals surface area (Å²) in [4.78, 5) is 4.49. The number of halogens is 1. The maximum atomic E-state index is 5.78. The molecule has 84 valence electrons. The molecule has 0 spiro atoms. The number of oxazole rings is 1. The molecule has 1 aromatic rings. The summed E-state index contributed by atoms with van der Waals surface area (Å²) in [5.41, 5.74) is 0.957. The lowest BCUT2D eigenvalue weighted by Gasteiger charge is -2.24. The zero-order valence-corrected chi connectivity index (χ0v) is 10.2. The SMILES string of the molecule is Cc1nc(C2CCCC(C)C2)oc1CCl. The van der Waals surface area contributed by atoms with Gasteiger partial charge >= 0.3 is 0 Å². The van der Waals surface area contributed by atoms with E-state index in [1.807, 2.05) is 6.92 Å². The molecular weight excluding hydrogens is 210 g/mol. The summed E-state index contributed by atoms with van der Waals surface area (Å²) < 4.78 is 5.71. The highest BCUT2D eigenvalue weighted by molar-refractivity contribution is 6.16. The quantitative estimate of drug-likeness (QED) is 0.714. The zero-order chi connectivity index (χ0) is 10.8. The lowest BCUT2D eigenvalue weighted by molar-refractivity contribution is 0.298. The molecule has 1 heterocycles. The molecule has 1 saturated carbocycles. The van der Waals surface area contributed by atoms with E-state index in [9.17, 15) is 0 Å². The van der Waals surface area contributed by atoms with Gasteiger partial charge in [-0.3, -0.25) is 0 Å². The van der Waals surface area contributed by atoms with Gasteiger partial charge in [-0.2, -0.15) is 0 Å². The lowest BCUT2D eigenvalue weighted by atomic mass is 9.82. The first kappa shape index (κ1) is 11.0. The average Bonchev–Trinajstić information content (AvgIpc) is 2.60. The minimum absolute atomic E-state index is 0.432. The Morgan fingerprint density at radius 2 is 2.27 bits per heavy atom. The van der Waals surface area contributed by atoms with Crippen LogP contribution in [0.25, 0.3) is 0 Å². The zero-order valence-electron chi connectivity index (χ0n) is 9.42. The third-order valence-corrected chi connectivity index (χ3v) is 3.56. The minimum atomic E-state index is 0.432. The topological polar surface area (TPSA) is 26.0 Å². The standard InChI is InChI=1S/C12H18ClNO/c1-8-4-3-5-10(6-8)12-14-9(2)11(7-13)15-12/h8,10H,3-7H2,1-2H3. The lowest BCUT2D eigenvalue weighted by Crippen LogP contribution is -2.11. The van der Waals surface area contributed by atoms with E-state index in [4.69, 9.17) is 16.0 Å². The van der Waals surface area contributed by atoms with Crippen LogP contribution in [0.4, 0.5) is 0 Å². The summed E-state index contributed by atoms with van der Waals surface area (Å²) in [6, 6.07) is 0. The van der Waals surface area contributed by atoms with Crippen molar-refractivity contribution < 1.29 is 4.42 Å². The van der Waals surface area contributed by atoms with Crippen LogP contribution in [0.1, 0.15) is 55.9 Å². The molecule has 3 heteroatoms. The van der Waals surface area contributed by atoms with Crippen molar-refractivity contribution >= 4 is 11.6 Å². The van der Waals surface area contributed by atoms with Crippen molar-refractivity contribution in [1.82, 2.24) is 4.98 Å². The Hall–Kier alpha value is -0.500. The highest BCUT2D eigenvalue weighted by atomic mass is 35.5. The van der Waals surface area contributed by atoms with Gasteiger partial charge in [-0.05, 0) is 25.7 Å². The predicted octanol–water partition coefficient (Wildman–Crippen LogP) is 4.02. The van der Waals surface area contributed by atoms with E-state index in [1.54, 1.807) is 0 Å². The van der Waals surface area contributed by atoms with E-state index in [0.717, 1.165) is 23.3 Å². The molecule has 2 atom stereocenters. The number of aryl methyl sites for hydroxylation is 1. The first-order valence-electron chi connectivity index (χ1n) is 5.73. The molecule has 0 radical (unpaired) electrons. The van der Waals surface area contributed by atoms with Crippen molar-refractivity contribution in [3.05, 3.63) is 17.3 Å². The third kappa shape index (κ3) is 2.36. The van der Waals surface area contributed by atoms with Crippen LogP contribution < -0.4 is 0 Å². The largest absolute Gasteiger partial charge is 0.444 e. The molecule has 1 fully saturated rings. The van der Waals surface area contributed by atoms with Gasteiger partial charge in [0.05, 0.1) is 11.6 Å². The van der Waals surface area contributed by atoms with E-state index in [2.05, 4.69) is 11.9 Å². The Morgan fingerprint density at radius 1 is 1.47 bits per heavy atom. The second-order valence-corrected chi connectivity index (χ2v) is 4.93. The first-order valence-corrected chi connectivity index (χ1v) is 6.26. The second-order valence-electron chi connectivity index (χ2n) is 4.66. The normalized spacial score (nSPS) is 26.9. The van der Waals surface area contributed by atoms with Crippen LogP contribution in [-0.2, 0) is 5.88 Å². The number of alkyl halides is 1. The number of rotatable bonds is 2. The third-order valence-electron chi connectivity index (χ3n) is 3.32. The van der Waals surface area contributed by atoms with Crippen molar-refractivity contribution in [3.63, 3.8) is 0 Å². The smallest absolute Gasteiger partial charge is 0.197 e. The maximum absolute atomic E-state index is 5.78. The van der Waals surface area contributed by atoms with Gasteiger partial charge in [0, 0.05) is 5.92 Å². The van der Waals surface area contributed by atoms with E-state index < -0.39 is 0 Å². The molecule has 0 N–H and O–H groups in total. The second kappa shape index (κ2) is 4.56. The molecule has 1 aromatic heterocycles. The van der Waals surface area contributed by atoms with Gasteiger partial charge in [0.2, 0.25) is 0 Å². The summed E-state index contributed by atoms with van der Waals surface area (Å²) in [5.74, 6) is 3.50. The van der Waals surface area contributed by atoms with Gasteiger partial charge in [-0.15, -0.1) is 11.6 Å². The summed E-state index contributed by atoms with van der Waals surface area (Å²) >= 11 is 5.78. The van der Waals surface area contributed by atoms with Gasteiger partial charge in [0.25, 0.3) is 0 Å². The van der Waals surface area contributed by atoms with E-state index in [1.165, 1.54) is 25.7 Å². The van der Waals surface area contributed by atoms with Gasteiger partial charge < -0.3 is 4.42 Å². The molecule has 0 amide bonds. The molecule has 0 saturated heterocycles. The number of aromatic nitrogens is 1. The molecular formula is C12H18ClNO. The molecule has 1 aliphatic carbocycles.